The molecule has 0 amide bonds. The van der Waals surface area contributed by atoms with E-state index >= 15 is 0 Å². The maximum absolute atomic E-state index is 11.7. The lowest BCUT2D eigenvalue weighted by Gasteiger charge is -2.37. The van der Waals surface area contributed by atoms with Crippen molar-refractivity contribution in [1.29, 1.82) is 0 Å². The Morgan fingerprint density at radius 1 is 1.26 bits per heavy atom. The summed E-state index contributed by atoms with van der Waals surface area (Å²) in [5.41, 5.74) is 2.24. The van der Waals surface area contributed by atoms with Crippen LogP contribution in [0.2, 0.25) is 0 Å². The van der Waals surface area contributed by atoms with E-state index in [0.29, 0.717) is 0 Å². The van der Waals surface area contributed by atoms with Crippen LogP contribution in [0, 0.1) is 5.92 Å². The standard InChI is InChI=1S/C16H20O6S/c1-21-15(17)12-5-8-16(9-6-12)7-4-11-2-3-13(10-14(11)16)22-23(18,19)20/h2-3,10,12H,4-9H2,1H3,(H,18,19,20). The summed E-state index contributed by atoms with van der Waals surface area (Å²) in [4.78, 5) is 11.7. The highest BCUT2D eigenvalue weighted by Gasteiger charge is 2.43. The molecule has 23 heavy (non-hydrogen) atoms. The molecule has 0 unspecified atom stereocenters. The second-order valence-electron chi connectivity index (χ2n) is 6.41. The van der Waals surface area contributed by atoms with Gasteiger partial charge in [-0.3, -0.25) is 9.35 Å². The van der Waals surface area contributed by atoms with E-state index in [2.05, 4.69) is 4.18 Å². The highest BCUT2D eigenvalue weighted by molar-refractivity contribution is 7.81. The van der Waals surface area contributed by atoms with Crippen LogP contribution in [-0.4, -0.2) is 26.0 Å². The maximum atomic E-state index is 11.7. The molecule has 3 rings (SSSR count). The number of esters is 1. The lowest BCUT2D eigenvalue weighted by molar-refractivity contribution is -0.147. The van der Waals surface area contributed by atoms with Gasteiger partial charge in [-0.05, 0) is 67.2 Å². The minimum Gasteiger partial charge on any atom is -0.469 e. The van der Waals surface area contributed by atoms with Gasteiger partial charge < -0.3 is 8.92 Å². The molecule has 0 radical (unpaired) electrons. The number of carbonyl (C=O) groups is 1. The molecular weight excluding hydrogens is 320 g/mol. The Kier molecular flexibility index (Phi) is 4.10. The van der Waals surface area contributed by atoms with E-state index in [9.17, 15) is 13.2 Å². The van der Waals surface area contributed by atoms with Crippen molar-refractivity contribution >= 4 is 16.4 Å². The number of carbonyl (C=O) groups excluding carboxylic acids is 1. The van der Waals surface area contributed by atoms with Crippen LogP contribution < -0.4 is 4.18 Å². The predicted molar refractivity (Wildman–Crippen MR) is 82.6 cm³/mol. The largest absolute Gasteiger partial charge is 0.469 e. The van der Waals surface area contributed by atoms with Crippen molar-refractivity contribution < 1.29 is 26.7 Å². The van der Waals surface area contributed by atoms with E-state index in [0.717, 1.165) is 44.1 Å². The highest BCUT2D eigenvalue weighted by atomic mass is 32.3. The van der Waals surface area contributed by atoms with Crippen molar-refractivity contribution in [2.24, 2.45) is 5.92 Å². The number of hydrogen-bond acceptors (Lipinski definition) is 5. The first-order valence-corrected chi connectivity index (χ1v) is 9.08. The number of benzene rings is 1. The normalized spacial score (nSPS) is 26.8. The lowest BCUT2D eigenvalue weighted by Crippen LogP contribution is -2.32. The Morgan fingerprint density at radius 2 is 1.96 bits per heavy atom. The fourth-order valence-electron chi connectivity index (χ4n) is 4.04. The first-order chi connectivity index (χ1) is 10.8. The van der Waals surface area contributed by atoms with Crippen molar-refractivity contribution in [3.05, 3.63) is 29.3 Å². The Balaban J connectivity index is 1.84. The Hall–Kier alpha value is -1.60. The van der Waals surface area contributed by atoms with Crippen molar-refractivity contribution in [3.63, 3.8) is 0 Å². The monoisotopic (exact) mass is 340 g/mol. The van der Waals surface area contributed by atoms with Crippen molar-refractivity contribution in [3.8, 4) is 5.75 Å². The van der Waals surface area contributed by atoms with Crippen LogP contribution in [-0.2, 0) is 31.8 Å². The average Bonchev–Trinajstić information content (AvgIpc) is 2.84. The zero-order chi connectivity index (χ0) is 16.7. The van der Waals surface area contributed by atoms with Crippen LogP contribution in [0.25, 0.3) is 0 Å². The molecule has 0 atom stereocenters. The van der Waals surface area contributed by atoms with Gasteiger partial charge in [0.25, 0.3) is 0 Å². The van der Waals surface area contributed by atoms with Crippen molar-refractivity contribution in [2.45, 2.75) is 43.9 Å². The second-order valence-corrected chi connectivity index (χ2v) is 7.43. The van der Waals surface area contributed by atoms with E-state index in [4.69, 9.17) is 9.29 Å². The summed E-state index contributed by atoms with van der Waals surface area (Å²) in [6, 6.07) is 5.14. The molecule has 0 aromatic heterocycles. The topological polar surface area (TPSA) is 89.9 Å². The van der Waals surface area contributed by atoms with E-state index in [1.165, 1.54) is 12.7 Å². The summed E-state index contributed by atoms with van der Waals surface area (Å²) in [7, 11) is -3.11. The Labute approximate surface area is 135 Å². The molecule has 2 aliphatic rings. The predicted octanol–water partition coefficient (Wildman–Crippen LogP) is 2.42. The van der Waals surface area contributed by atoms with Gasteiger partial charge >= 0.3 is 16.4 Å². The third-order valence-corrected chi connectivity index (χ3v) is 5.61. The summed E-state index contributed by atoms with van der Waals surface area (Å²) in [6.07, 6.45) is 5.21. The van der Waals surface area contributed by atoms with Gasteiger partial charge in [-0.25, -0.2) is 0 Å². The van der Waals surface area contributed by atoms with Crippen LogP contribution in [0.15, 0.2) is 18.2 Å². The first kappa shape index (κ1) is 16.3. The molecule has 2 aliphatic carbocycles. The molecule has 1 spiro atoms. The van der Waals surface area contributed by atoms with Gasteiger partial charge in [0.1, 0.15) is 5.75 Å². The molecule has 1 fully saturated rings. The van der Waals surface area contributed by atoms with Gasteiger partial charge in [0.05, 0.1) is 13.0 Å². The number of ether oxygens (including phenoxy) is 1. The molecule has 0 heterocycles. The highest BCUT2D eigenvalue weighted by Crippen LogP contribution is 2.50. The molecule has 1 aromatic rings. The van der Waals surface area contributed by atoms with Crippen LogP contribution in [0.1, 0.15) is 43.2 Å². The van der Waals surface area contributed by atoms with Crippen molar-refractivity contribution in [2.75, 3.05) is 7.11 Å². The van der Waals surface area contributed by atoms with Gasteiger partial charge in [0, 0.05) is 0 Å². The molecule has 0 aliphatic heterocycles. The second kappa shape index (κ2) is 5.79. The van der Waals surface area contributed by atoms with E-state index < -0.39 is 10.4 Å². The summed E-state index contributed by atoms with van der Waals surface area (Å²) in [5, 5.41) is 0. The van der Waals surface area contributed by atoms with E-state index in [1.807, 2.05) is 6.07 Å². The number of aryl methyl sites for hydroxylation is 1. The summed E-state index contributed by atoms with van der Waals surface area (Å²) in [6.45, 7) is 0. The van der Waals surface area contributed by atoms with E-state index in [1.54, 1.807) is 12.1 Å². The Bertz CT molecular complexity index is 716. The van der Waals surface area contributed by atoms with Gasteiger partial charge in [0.15, 0.2) is 0 Å². The Morgan fingerprint density at radius 3 is 2.57 bits per heavy atom. The molecule has 0 saturated heterocycles. The number of methoxy groups -OCH3 is 1. The third-order valence-electron chi connectivity index (χ3n) is 5.20. The summed E-state index contributed by atoms with van der Waals surface area (Å²) >= 11 is 0. The van der Waals surface area contributed by atoms with Crippen LogP contribution in [0.5, 0.6) is 5.75 Å². The molecule has 1 saturated carbocycles. The average molecular weight is 340 g/mol. The molecule has 0 bridgehead atoms. The lowest BCUT2D eigenvalue weighted by atomic mass is 9.67. The molecule has 1 aromatic carbocycles. The molecule has 6 nitrogen and oxygen atoms in total. The molecule has 1 N–H and O–H groups in total. The van der Waals surface area contributed by atoms with Crippen LogP contribution >= 0.6 is 0 Å². The fourth-order valence-corrected chi connectivity index (χ4v) is 4.39. The third kappa shape index (κ3) is 3.21. The minimum atomic E-state index is -4.52. The summed E-state index contributed by atoms with van der Waals surface area (Å²) < 4.78 is 40.1. The van der Waals surface area contributed by atoms with Gasteiger partial charge in [-0.1, -0.05) is 6.07 Å². The fraction of sp³-hybridized carbons (Fsp3) is 0.562. The van der Waals surface area contributed by atoms with Crippen LogP contribution in [0.4, 0.5) is 0 Å². The van der Waals surface area contributed by atoms with Gasteiger partial charge in [-0.2, -0.15) is 8.42 Å². The van der Waals surface area contributed by atoms with E-state index in [-0.39, 0.29) is 23.1 Å². The minimum absolute atomic E-state index is 0.0293. The maximum Gasteiger partial charge on any atom is 0.446 e. The molecule has 7 heteroatoms. The number of hydrogen-bond donors (Lipinski definition) is 1. The summed E-state index contributed by atoms with van der Waals surface area (Å²) in [5.74, 6) is -0.0731. The quantitative estimate of drug-likeness (QED) is 0.671. The SMILES string of the molecule is COC(=O)C1CCC2(CCc3ccc(OS(=O)(=O)O)cc32)CC1. The molecule has 126 valence electrons. The van der Waals surface area contributed by atoms with Gasteiger partial charge in [-0.15, -0.1) is 0 Å². The molecular formula is C16H20O6S. The zero-order valence-corrected chi connectivity index (χ0v) is 13.8. The van der Waals surface area contributed by atoms with Crippen molar-refractivity contribution in [1.82, 2.24) is 0 Å². The van der Waals surface area contributed by atoms with Gasteiger partial charge in [0.2, 0.25) is 0 Å². The smallest absolute Gasteiger partial charge is 0.446 e. The van der Waals surface area contributed by atoms with Crippen LogP contribution in [0.3, 0.4) is 0 Å². The number of rotatable bonds is 3. The zero-order valence-electron chi connectivity index (χ0n) is 12.9. The first-order valence-electron chi connectivity index (χ1n) is 7.71. The number of fused-ring (bicyclic) bond motifs is 2.